The van der Waals surface area contributed by atoms with E-state index in [1.54, 1.807) is 6.20 Å². The minimum absolute atomic E-state index is 0.490. The number of fused-ring (bicyclic) bond motifs is 2. The Morgan fingerprint density at radius 3 is 2.66 bits per heavy atom. The predicted molar refractivity (Wildman–Crippen MR) is 115 cm³/mol. The van der Waals surface area contributed by atoms with Gasteiger partial charge >= 0.3 is 0 Å². The van der Waals surface area contributed by atoms with Gasteiger partial charge in [-0.3, -0.25) is 4.57 Å². The van der Waals surface area contributed by atoms with Crippen LogP contribution in [-0.2, 0) is 12.8 Å². The SMILES string of the molecule is Nc1ncccc1-c1nc2ccc(C3CCC3)nc2n1-c1ccc2c(c1)CCC2. The summed E-state index contributed by atoms with van der Waals surface area (Å²) in [6, 6.07) is 14.9. The van der Waals surface area contributed by atoms with Crippen molar-refractivity contribution in [1.82, 2.24) is 19.5 Å². The van der Waals surface area contributed by atoms with Crippen molar-refractivity contribution in [2.45, 2.75) is 44.4 Å². The molecule has 2 N–H and O–H groups in total. The number of aromatic nitrogens is 4. The minimum Gasteiger partial charge on any atom is -0.383 e. The van der Waals surface area contributed by atoms with E-state index in [9.17, 15) is 0 Å². The number of imidazole rings is 1. The van der Waals surface area contributed by atoms with Crippen LogP contribution in [0.4, 0.5) is 5.82 Å². The molecule has 29 heavy (non-hydrogen) atoms. The number of aryl methyl sites for hydroxylation is 2. The van der Waals surface area contributed by atoms with Crippen molar-refractivity contribution in [2.24, 2.45) is 0 Å². The van der Waals surface area contributed by atoms with E-state index in [2.05, 4.69) is 39.9 Å². The van der Waals surface area contributed by atoms with E-state index in [0.29, 0.717) is 11.7 Å². The molecule has 0 saturated heterocycles. The number of nitrogens with zero attached hydrogens (tertiary/aromatic N) is 4. The molecule has 3 heterocycles. The van der Waals surface area contributed by atoms with Crippen molar-refractivity contribution >= 4 is 17.0 Å². The zero-order valence-electron chi connectivity index (χ0n) is 16.3. The highest BCUT2D eigenvalue weighted by molar-refractivity contribution is 5.83. The van der Waals surface area contributed by atoms with Gasteiger partial charge < -0.3 is 5.73 Å². The van der Waals surface area contributed by atoms with Gasteiger partial charge in [0.05, 0.1) is 5.56 Å². The van der Waals surface area contributed by atoms with Crippen molar-refractivity contribution in [3.05, 3.63) is 65.5 Å². The standard InChI is InChI=1S/C24H23N5/c25-22-19(8-3-13-26-22)23-28-21-12-11-20(16-5-2-6-16)27-24(21)29(23)18-10-9-15-4-1-7-17(15)14-18/h3,8-14,16H,1-2,4-7H2,(H2,25,26). The summed E-state index contributed by atoms with van der Waals surface area (Å²) < 4.78 is 2.17. The third kappa shape index (κ3) is 2.64. The summed E-state index contributed by atoms with van der Waals surface area (Å²) >= 11 is 0. The second-order valence-corrected chi connectivity index (χ2v) is 8.22. The van der Waals surface area contributed by atoms with Crippen molar-refractivity contribution in [3.8, 4) is 17.1 Å². The molecule has 1 aromatic carbocycles. The molecule has 2 aliphatic carbocycles. The summed E-state index contributed by atoms with van der Waals surface area (Å²) in [7, 11) is 0. The number of nitrogen functional groups attached to an aromatic ring is 1. The predicted octanol–water partition coefficient (Wildman–Crippen LogP) is 4.82. The molecule has 3 aromatic heterocycles. The fraction of sp³-hybridized carbons (Fsp3) is 0.292. The first-order chi connectivity index (χ1) is 14.3. The fourth-order valence-corrected chi connectivity index (χ4v) is 4.63. The molecule has 5 heteroatoms. The van der Waals surface area contributed by atoms with Gasteiger partial charge in [-0.25, -0.2) is 15.0 Å². The second kappa shape index (κ2) is 6.41. The molecule has 6 rings (SSSR count). The normalized spacial score (nSPS) is 16.1. The average Bonchev–Trinajstić information content (AvgIpc) is 3.30. The van der Waals surface area contributed by atoms with E-state index in [1.165, 1.54) is 48.9 Å². The topological polar surface area (TPSA) is 69.6 Å². The maximum atomic E-state index is 6.24. The molecular weight excluding hydrogens is 358 g/mol. The van der Waals surface area contributed by atoms with Crippen LogP contribution in [0.1, 0.15) is 48.4 Å². The van der Waals surface area contributed by atoms with Gasteiger partial charge in [0, 0.05) is 23.5 Å². The monoisotopic (exact) mass is 381 g/mol. The minimum atomic E-state index is 0.490. The highest BCUT2D eigenvalue weighted by atomic mass is 15.1. The Kier molecular flexibility index (Phi) is 3.69. The lowest BCUT2D eigenvalue weighted by Gasteiger charge is -2.24. The molecule has 1 saturated carbocycles. The van der Waals surface area contributed by atoms with Crippen LogP contribution in [0, 0.1) is 0 Å². The molecule has 0 aliphatic heterocycles. The molecule has 5 nitrogen and oxygen atoms in total. The van der Waals surface area contributed by atoms with Gasteiger partial charge in [0.1, 0.15) is 11.3 Å². The quantitative estimate of drug-likeness (QED) is 0.552. The molecule has 1 fully saturated rings. The van der Waals surface area contributed by atoms with Crippen LogP contribution in [0.5, 0.6) is 0 Å². The molecule has 0 amide bonds. The number of nitrogens with two attached hydrogens (primary N) is 1. The summed E-state index contributed by atoms with van der Waals surface area (Å²) in [4.78, 5) is 14.3. The van der Waals surface area contributed by atoms with Gasteiger partial charge in [-0.2, -0.15) is 0 Å². The lowest BCUT2D eigenvalue weighted by atomic mass is 9.83. The number of hydrogen-bond donors (Lipinski definition) is 1. The Labute approximate surface area is 169 Å². The summed E-state index contributed by atoms with van der Waals surface area (Å²) in [6.07, 6.45) is 9.02. The maximum Gasteiger partial charge on any atom is 0.165 e. The van der Waals surface area contributed by atoms with Crippen molar-refractivity contribution in [3.63, 3.8) is 0 Å². The molecule has 0 atom stereocenters. The van der Waals surface area contributed by atoms with E-state index >= 15 is 0 Å². The first-order valence-corrected chi connectivity index (χ1v) is 10.5. The van der Waals surface area contributed by atoms with Crippen LogP contribution in [0.15, 0.2) is 48.7 Å². The van der Waals surface area contributed by atoms with Crippen molar-refractivity contribution in [2.75, 3.05) is 5.73 Å². The molecule has 0 unspecified atom stereocenters. The van der Waals surface area contributed by atoms with Crippen LogP contribution in [0.2, 0.25) is 0 Å². The van der Waals surface area contributed by atoms with E-state index < -0.39 is 0 Å². The van der Waals surface area contributed by atoms with E-state index in [4.69, 9.17) is 15.7 Å². The largest absolute Gasteiger partial charge is 0.383 e. The van der Waals surface area contributed by atoms with Crippen LogP contribution < -0.4 is 5.73 Å². The van der Waals surface area contributed by atoms with Gasteiger partial charge in [-0.05, 0) is 79.6 Å². The molecule has 0 bridgehead atoms. The number of benzene rings is 1. The average molecular weight is 381 g/mol. The number of rotatable bonds is 3. The Hall–Kier alpha value is -3.21. The fourth-order valence-electron chi connectivity index (χ4n) is 4.63. The van der Waals surface area contributed by atoms with E-state index in [-0.39, 0.29) is 0 Å². The molecule has 144 valence electrons. The molecule has 4 aromatic rings. The first-order valence-electron chi connectivity index (χ1n) is 10.5. The summed E-state index contributed by atoms with van der Waals surface area (Å²) in [5.41, 5.74) is 14.1. The number of hydrogen-bond acceptors (Lipinski definition) is 4. The second-order valence-electron chi connectivity index (χ2n) is 8.22. The van der Waals surface area contributed by atoms with Crippen molar-refractivity contribution < 1.29 is 0 Å². The number of anilines is 1. The molecule has 0 radical (unpaired) electrons. The molecule has 0 spiro atoms. The summed E-state index contributed by atoms with van der Waals surface area (Å²) in [5, 5.41) is 0. The van der Waals surface area contributed by atoms with Crippen LogP contribution in [-0.4, -0.2) is 19.5 Å². The highest BCUT2D eigenvalue weighted by Gasteiger charge is 2.24. The van der Waals surface area contributed by atoms with Crippen LogP contribution in [0.3, 0.4) is 0 Å². The lowest BCUT2D eigenvalue weighted by molar-refractivity contribution is 0.412. The third-order valence-electron chi connectivity index (χ3n) is 6.47. The third-order valence-corrected chi connectivity index (χ3v) is 6.47. The zero-order chi connectivity index (χ0) is 19.4. The maximum absolute atomic E-state index is 6.24. The molecule has 2 aliphatic rings. The Bertz CT molecular complexity index is 1240. The van der Waals surface area contributed by atoms with E-state index in [1.807, 2.05) is 12.1 Å². The Morgan fingerprint density at radius 1 is 0.931 bits per heavy atom. The van der Waals surface area contributed by atoms with Crippen molar-refractivity contribution in [1.29, 1.82) is 0 Å². The Balaban J connectivity index is 1.62. The first kappa shape index (κ1) is 16.7. The smallest absolute Gasteiger partial charge is 0.165 e. The summed E-state index contributed by atoms with van der Waals surface area (Å²) in [5.74, 6) is 1.88. The summed E-state index contributed by atoms with van der Waals surface area (Å²) in [6.45, 7) is 0. The number of pyridine rings is 2. The highest BCUT2D eigenvalue weighted by Crippen LogP contribution is 2.37. The Morgan fingerprint density at radius 2 is 1.83 bits per heavy atom. The lowest BCUT2D eigenvalue weighted by Crippen LogP contribution is -2.11. The van der Waals surface area contributed by atoms with Gasteiger partial charge in [0.2, 0.25) is 0 Å². The van der Waals surface area contributed by atoms with E-state index in [0.717, 1.165) is 34.7 Å². The zero-order valence-corrected chi connectivity index (χ0v) is 16.3. The van der Waals surface area contributed by atoms with Gasteiger partial charge in [-0.15, -0.1) is 0 Å². The van der Waals surface area contributed by atoms with Crippen LogP contribution in [0.25, 0.3) is 28.2 Å². The van der Waals surface area contributed by atoms with Gasteiger partial charge in [0.15, 0.2) is 11.5 Å². The molecular formula is C24H23N5. The van der Waals surface area contributed by atoms with Crippen LogP contribution >= 0.6 is 0 Å². The van der Waals surface area contributed by atoms with Gasteiger partial charge in [-0.1, -0.05) is 12.5 Å². The van der Waals surface area contributed by atoms with Gasteiger partial charge in [0.25, 0.3) is 0 Å².